The molecule has 10 heteroatoms. The molecular formula is C36H58O10. The van der Waals surface area contributed by atoms with Crippen molar-refractivity contribution in [3.8, 4) is 0 Å². The van der Waals surface area contributed by atoms with Crippen LogP contribution in [0.5, 0.6) is 0 Å². The van der Waals surface area contributed by atoms with Crippen LogP contribution in [0.15, 0.2) is 0 Å². The van der Waals surface area contributed by atoms with Crippen molar-refractivity contribution in [2.45, 2.75) is 166 Å². The summed E-state index contributed by atoms with van der Waals surface area (Å²) in [5.41, 5.74) is -1.62. The van der Waals surface area contributed by atoms with Crippen LogP contribution in [0.25, 0.3) is 0 Å². The van der Waals surface area contributed by atoms with E-state index in [-0.39, 0.29) is 39.8 Å². The first-order chi connectivity index (χ1) is 21.4. The first-order valence-corrected chi connectivity index (χ1v) is 18.1. The van der Waals surface area contributed by atoms with E-state index < -0.39 is 66.3 Å². The highest BCUT2D eigenvalue weighted by Gasteiger charge is 2.88. The molecule has 3 aliphatic heterocycles. The van der Waals surface area contributed by atoms with E-state index in [2.05, 4.69) is 34.6 Å². The van der Waals surface area contributed by atoms with Crippen LogP contribution in [0.1, 0.15) is 99.8 Å². The lowest BCUT2D eigenvalue weighted by Gasteiger charge is -2.63. The third-order valence-corrected chi connectivity index (χ3v) is 16.3. The zero-order chi connectivity index (χ0) is 33.2. The van der Waals surface area contributed by atoms with Crippen LogP contribution in [0.2, 0.25) is 0 Å². The van der Waals surface area contributed by atoms with E-state index in [1.807, 2.05) is 0 Å². The molecule has 3 saturated heterocycles. The SMILES string of the molecule is C[C@@H]1C[C@H]2O[C@@]3(O[C@@H]2C(C)(C)O)[C@H](O)[C@@]2(C)[C@@H]4CC[C@H]5C(C)(C)[C@@H](O[C@@H]6O[C@H](CO)[C@@H](O)[C@H](O)[C@H]6O)CC[C@@]56C[C@@]46CC[C@]2(C)[C@@H]13. The lowest BCUT2D eigenvalue weighted by molar-refractivity contribution is -0.326. The van der Waals surface area contributed by atoms with Gasteiger partial charge in [-0.05, 0) is 105 Å². The summed E-state index contributed by atoms with van der Waals surface area (Å²) >= 11 is 0. The van der Waals surface area contributed by atoms with E-state index in [1.54, 1.807) is 13.8 Å². The van der Waals surface area contributed by atoms with Crippen LogP contribution < -0.4 is 0 Å². The largest absolute Gasteiger partial charge is 0.394 e. The molecule has 0 radical (unpaired) electrons. The summed E-state index contributed by atoms with van der Waals surface area (Å²) in [6, 6.07) is 0. The number of aliphatic hydroxyl groups excluding tert-OH is 5. The summed E-state index contributed by atoms with van der Waals surface area (Å²) in [5.74, 6) is -0.0409. The van der Waals surface area contributed by atoms with Crippen LogP contribution in [-0.2, 0) is 18.9 Å². The van der Waals surface area contributed by atoms with Crippen LogP contribution in [-0.4, -0.2) is 104 Å². The maximum atomic E-state index is 12.7. The van der Waals surface area contributed by atoms with Gasteiger partial charge in [-0.25, -0.2) is 0 Å². The minimum absolute atomic E-state index is 0.0486. The van der Waals surface area contributed by atoms with Crippen LogP contribution in [0.3, 0.4) is 0 Å². The Kier molecular flexibility index (Phi) is 6.90. The van der Waals surface area contributed by atoms with E-state index in [1.165, 1.54) is 0 Å². The monoisotopic (exact) mass is 650 g/mol. The predicted octanol–water partition coefficient (Wildman–Crippen LogP) is 2.48. The summed E-state index contributed by atoms with van der Waals surface area (Å²) in [7, 11) is 0. The number of hydrogen-bond donors (Lipinski definition) is 6. The molecule has 10 nitrogen and oxygen atoms in total. The molecule has 5 saturated carbocycles. The van der Waals surface area contributed by atoms with Gasteiger partial charge in [0.05, 0.1) is 24.4 Å². The number of aliphatic hydroxyl groups is 6. The Morgan fingerprint density at radius 1 is 0.848 bits per heavy atom. The summed E-state index contributed by atoms with van der Waals surface area (Å²) in [5, 5.41) is 64.9. The minimum atomic E-state index is -1.46. The highest BCUT2D eigenvalue weighted by molar-refractivity contribution is 5.34. The molecule has 6 N–H and O–H groups in total. The zero-order valence-corrected chi connectivity index (χ0v) is 28.7. The standard InChI is InChI=1S/C36H58O10/c1-17-14-18-27(31(4,5)42)46-36(45-18)26(17)32(6)12-13-35-16-34(35)11-10-22(44-28-25(40)24(39)23(38)19(15-37)43-28)30(2,3)20(34)8-9-21(35)33(32,7)29(36)41/h17-29,37-42H,8-16H2,1-7H3/t17-,18-,19-,20+,21+,22+,23-,24+,25-,26-,27+,28+,29-,32-,33-,34-,35+,36+/m1/s1. The number of hydrogen-bond acceptors (Lipinski definition) is 10. The minimum Gasteiger partial charge on any atom is -0.394 e. The number of fused-ring (bicyclic) bond motifs is 4. The fraction of sp³-hybridized carbons (Fsp3) is 1.00. The molecule has 0 aromatic carbocycles. The normalized spacial score (nSPS) is 61.6. The average Bonchev–Trinajstić information content (AvgIpc) is 3.50. The molecule has 5 aliphatic carbocycles. The molecule has 262 valence electrons. The molecule has 3 heterocycles. The fourth-order valence-electron chi connectivity index (χ4n) is 14.2. The van der Waals surface area contributed by atoms with Gasteiger partial charge in [0, 0.05) is 11.3 Å². The van der Waals surface area contributed by atoms with Gasteiger partial charge in [-0.1, -0.05) is 34.6 Å². The van der Waals surface area contributed by atoms with Crippen LogP contribution in [0, 0.1) is 50.7 Å². The molecule has 0 aromatic heterocycles. The highest BCUT2D eigenvalue weighted by atomic mass is 16.8. The van der Waals surface area contributed by atoms with Crippen molar-refractivity contribution in [2.24, 2.45) is 50.7 Å². The highest BCUT2D eigenvalue weighted by Crippen LogP contribution is 2.90. The van der Waals surface area contributed by atoms with Gasteiger partial charge in [-0.3, -0.25) is 0 Å². The summed E-state index contributed by atoms with van der Waals surface area (Å²) in [6.45, 7) is 14.7. The molecule has 0 aromatic rings. The predicted molar refractivity (Wildman–Crippen MR) is 165 cm³/mol. The van der Waals surface area contributed by atoms with E-state index in [0.29, 0.717) is 17.8 Å². The Hall–Kier alpha value is -0.400. The first kappa shape index (κ1) is 32.8. The zero-order valence-electron chi connectivity index (χ0n) is 28.7. The maximum Gasteiger partial charge on any atom is 0.199 e. The van der Waals surface area contributed by atoms with E-state index in [9.17, 15) is 30.6 Å². The topological polar surface area (TPSA) is 158 Å². The summed E-state index contributed by atoms with van der Waals surface area (Å²) < 4.78 is 25.9. The lowest BCUT2D eigenvalue weighted by atomic mass is 9.41. The third kappa shape index (κ3) is 3.63. The molecule has 8 rings (SSSR count). The first-order valence-electron chi connectivity index (χ1n) is 18.1. The Bertz CT molecular complexity index is 1250. The third-order valence-electron chi connectivity index (χ3n) is 16.3. The summed E-state index contributed by atoms with van der Waals surface area (Å²) in [6.07, 6.45) is -0.227. The van der Waals surface area contributed by atoms with Crippen molar-refractivity contribution in [1.29, 1.82) is 0 Å². The van der Waals surface area contributed by atoms with E-state index in [4.69, 9.17) is 18.9 Å². The van der Waals surface area contributed by atoms with Crippen LogP contribution >= 0.6 is 0 Å². The number of ether oxygens (including phenoxy) is 4. The smallest absolute Gasteiger partial charge is 0.199 e. The Balaban J connectivity index is 1.09. The molecule has 8 fully saturated rings. The summed E-state index contributed by atoms with van der Waals surface area (Å²) in [4.78, 5) is 0. The van der Waals surface area contributed by atoms with Crippen molar-refractivity contribution >= 4 is 0 Å². The molecule has 46 heavy (non-hydrogen) atoms. The van der Waals surface area contributed by atoms with Crippen molar-refractivity contribution in [3.05, 3.63) is 0 Å². The molecule has 18 atom stereocenters. The maximum absolute atomic E-state index is 12.7. The van der Waals surface area contributed by atoms with Crippen molar-refractivity contribution < 1.29 is 49.6 Å². The molecule has 2 bridgehead atoms. The average molecular weight is 651 g/mol. The van der Waals surface area contributed by atoms with Gasteiger partial charge in [-0.2, -0.15) is 0 Å². The Labute approximate surface area is 273 Å². The molecular weight excluding hydrogens is 592 g/mol. The fourth-order valence-corrected chi connectivity index (χ4v) is 14.2. The number of rotatable bonds is 4. The van der Waals surface area contributed by atoms with Crippen molar-refractivity contribution in [3.63, 3.8) is 0 Å². The Morgan fingerprint density at radius 3 is 2.20 bits per heavy atom. The van der Waals surface area contributed by atoms with Gasteiger partial charge in [0.25, 0.3) is 0 Å². The van der Waals surface area contributed by atoms with Gasteiger partial charge in [0.2, 0.25) is 0 Å². The lowest BCUT2D eigenvalue weighted by Crippen LogP contribution is -2.62. The molecule has 3 spiro atoms. The van der Waals surface area contributed by atoms with Gasteiger partial charge in [0.15, 0.2) is 12.1 Å². The molecule has 0 unspecified atom stereocenters. The van der Waals surface area contributed by atoms with Gasteiger partial charge < -0.3 is 49.6 Å². The second-order valence-electron chi connectivity index (χ2n) is 18.7. The molecule has 8 aliphatic rings. The second-order valence-corrected chi connectivity index (χ2v) is 18.7. The van der Waals surface area contributed by atoms with Crippen molar-refractivity contribution in [2.75, 3.05) is 6.61 Å². The molecule has 0 amide bonds. The van der Waals surface area contributed by atoms with E-state index in [0.717, 1.165) is 51.4 Å². The van der Waals surface area contributed by atoms with Gasteiger partial charge in [-0.15, -0.1) is 0 Å². The van der Waals surface area contributed by atoms with E-state index >= 15 is 0 Å². The van der Waals surface area contributed by atoms with Crippen molar-refractivity contribution in [1.82, 2.24) is 0 Å². The quantitative estimate of drug-likeness (QED) is 0.250. The Morgan fingerprint density at radius 2 is 1.52 bits per heavy atom. The van der Waals surface area contributed by atoms with Crippen LogP contribution in [0.4, 0.5) is 0 Å². The van der Waals surface area contributed by atoms with Gasteiger partial charge >= 0.3 is 0 Å². The van der Waals surface area contributed by atoms with Gasteiger partial charge in [0.1, 0.15) is 36.6 Å². The second kappa shape index (κ2) is 9.68.